The number of hydrogen-bond acceptors (Lipinski definition) is 7. The summed E-state index contributed by atoms with van der Waals surface area (Å²) < 4.78 is 7.37. The van der Waals surface area contributed by atoms with Crippen molar-refractivity contribution in [1.82, 2.24) is 25.4 Å². The van der Waals surface area contributed by atoms with Crippen molar-refractivity contribution in [2.45, 2.75) is 19.0 Å². The van der Waals surface area contributed by atoms with Gasteiger partial charge in [-0.2, -0.15) is 0 Å². The Labute approximate surface area is 183 Å². The van der Waals surface area contributed by atoms with Gasteiger partial charge in [-0.1, -0.05) is 43.8 Å². The number of imide groups is 1. The van der Waals surface area contributed by atoms with E-state index >= 15 is 0 Å². The van der Waals surface area contributed by atoms with Crippen molar-refractivity contribution in [2.24, 2.45) is 5.92 Å². The largest absolute Gasteiger partial charge is 0.495 e. The highest BCUT2D eigenvalue weighted by atomic mass is 32.2. The predicted octanol–water partition coefficient (Wildman–Crippen LogP) is 3.58. The predicted molar refractivity (Wildman–Crippen MR) is 118 cm³/mol. The number of amides is 3. The van der Waals surface area contributed by atoms with Crippen LogP contribution >= 0.6 is 23.1 Å². The number of aromatic nitrogens is 3. The highest BCUT2D eigenvalue weighted by molar-refractivity contribution is 7.99. The lowest BCUT2D eigenvalue weighted by Gasteiger charge is -2.13. The third kappa shape index (κ3) is 5.39. The summed E-state index contributed by atoms with van der Waals surface area (Å²) in [6.45, 7) is 4.46. The summed E-state index contributed by atoms with van der Waals surface area (Å²) in [7, 11) is 1.60. The van der Waals surface area contributed by atoms with E-state index in [-0.39, 0.29) is 5.75 Å². The van der Waals surface area contributed by atoms with Crippen molar-refractivity contribution in [2.75, 3.05) is 19.4 Å². The van der Waals surface area contributed by atoms with Crippen molar-refractivity contribution >= 4 is 35.0 Å². The molecule has 0 aliphatic carbocycles. The first-order valence-corrected chi connectivity index (χ1v) is 11.2. The molecule has 0 spiro atoms. The molecule has 2 heterocycles. The number of ether oxygens (including phenoxy) is 1. The molecule has 2 N–H and O–H groups in total. The lowest BCUT2D eigenvalue weighted by molar-refractivity contribution is -0.117. The van der Waals surface area contributed by atoms with Gasteiger partial charge in [-0.25, -0.2) is 4.79 Å². The zero-order valence-electron chi connectivity index (χ0n) is 16.9. The van der Waals surface area contributed by atoms with E-state index in [1.165, 1.54) is 11.8 Å². The minimum absolute atomic E-state index is 0.0207. The number of thioether (sulfide) groups is 1. The zero-order chi connectivity index (χ0) is 21.5. The monoisotopic (exact) mass is 445 g/mol. The molecule has 30 heavy (non-hydrogen) atoms. The van der Waals surface area contributed by atoms with Crippen LogP contribution in [-0.4, -0.2) is 46.1 Å². The number of carbonyl (C=O) groups is 2. The second-order valence-electron chi connectivity index (χ2n) is 6.73. The number of carbonyl (C=O) groups excluding carboxylic acids is 2. The molecule has 3 aromatic rings. The summed E-state index contributed by atoms with van der Waals surface area (Å²) in [5, 5.41) is 16.1. The second kappa shape index (κ2) is 10.3. The van der Waals surface area contributed by atoms with E-state index in [2.05, 4.69) is 20.8 Å². The molecule has 1 aromatic carbocycles. The molecule has 0 unspecified atom stereocenters. The number of thiophene rings is 1. The quantitative estimate of drug-likeness (QED) is 0.514. The van der Waals surface area contributed by atoms with Crippen molar-refractivity contribution in [3.63, 3.8) is 0 Å². The summed E-state index contributed by atoms with van der Waals surface area (Å²) in [5.74, 6) is 1.23. The SMILES string of the molecule is COc1ccccc1-n1c(SCC(=O)NC(=O)NCC(C)C)nnc1-c1cccs1. The molecule has 0 fully saturated rings. The summed E-state index contributed by atoms with van der Waals surface area (Å²) in [6, 6.07) is 10.9. The molecule has 0 radical (unpaired) electrons. The summed E-state index contributed by atoms with van der Waals surface area (Å²) in [5.41, 5.74) is 0.769. The Balaban J connectivity index is 1.80. The first-order valence-electron chi connectivity index (χ1n) is 9.32. The minimum atomic E-state index is -0.500. The fourth-order valence-corrected chi connectivity index (χ4v) is 4.04. The summed E-state index contributed by atoms with van der Waals surface area (Å²) >= 11 is 2.75. The van der Waals surface area contributed by atoms with Crippen molar-refractivity contribution < 1.29 is 14.3 Å². The van der Waals surface area contributed by atoms with Crippen molar-refractivity contribution in [1.29, 1.82) is 0 Å². The third-order valence-corrected chi connectivity index (χ3v) is 5.75. The van der Waals surface area contributed by atoms with E-state index in [9.17, 15) is 9.59 Å². The molecular weight excluding hydrogens is 422 g/mol. The van der Waals surface area contributed by atoms with Gasteiger partial charge in [0.2, 0.25) is 5.91 Å². The third-order valence-electron chi connectivity index (χ3n) is 3.96. The van der Waals surface area contributed by atoms with Gasteiger partial charge in [0.15, 0.2) is 11.0 Å². The number of hydrogen-bond donors (Lipinski definition) is 2. The number of nitrogens with zero attached hydrogens (tertiary/aromatic N) is 3. The highest BCUT2D eigenvalue weighted by Gasteiger charge is 2.20. The van der Waals surface area contributed by atoms with Crippen LogP contribution in [0, 0.1) is 5.92 Å². The van der Waals surface area contributed by atoms with Crippen LogP contribution in [0.3, 0.4) is 0 Å². The van der Waals surface area contributed by atoms with Gasteiger partial charge < -0.3 is 10.1 Å². The fourth-order valence-electron chi connectivity index (χ4n) is 2.59. The molecule has 158 valence electrons. The summed E-state index contributed by atoms with van der Waals surface area (Å²) in [4.78, 5) is 24.9. The molecule has 0 saturated carbocycles. The highest BCUT2D eigenvalue weighted by Crippen LogP contribution is 2.33. The van der Waals surface area contributed by atoms with Gasteiger partial charge in [0.25, 0.3) is 0 Å². The van der Waals surface area contributed by atoms with E-state index in [1.807, 2.05) is 60.2 Å². The van der Waals surface area contributed by atoms with Crippen LogP contribution in [-0.2, 0) is 4.79 Å². The number of nitrogens with one attached hydrogen (secondary N) is 2. The van der Waals surface area contributed by atoms with Crippen molar-refractivity contribution in [3.8, 4) is 22.1 Å². The topological polar surface area (TPSA) is 98.1 Å². The van der Waals surface area contributed by atoms with Gasteiger partial charge >= 0.3 is 6.03 Å². The van der Waals surface area contributed by atoms with Crippen LogP contribution in [0.25, 0.3) is 16.4 Å². The van der Waals surface area contributed by atoms with Gasteiger partial charge in [-0.15, -0.1) is 21.5 Å². The molecule has 0 bridgehead atoms. The Bertz CT molecular complexity index is 1000. The first-order chi connectivity index (χ1) is 14.5. The van der Waals surface area contributed by atoms with Crippen LogP contribution in [0.5, 0.6) is 5.75 Å². The van der Waals surface area contributed by atoms with Crippen LogP contribution in [0.2, 0.25) is 0 Å². The molecule has 8 nitrogen and oxygen atoms in total. The molecule has 0 aliphatic rings. The van der Waals surface area contributed by atoms with Gasteiger partial charge in [-0.05, 0) is 29.5 Å². The fraction of sp³-hybridized carbons (Fsp3) is 0.300. The molecule has 10 heteroatoms. The van der Waals surface area contributed by atoms with Crippen LogP contribution in [0.4, 0.5) is 4.79 Å². The molecule has 3 rings (SSSR count). The van der Waals surface area contributed by atoms with Crippen LogP contribution in [0.15, 0.2) is 46.9 Å². The number of methoxy groups -OCH3 is 1. The molecule has 0 saturated heterocycles. The van der Waals surface area contributed by atoms with Gasteiger partial charge in [0.1, 0.15) is 5.75 Å². The van der Waals surface area contributed by atoms with Gasteiger partial charge in [0.05, 0.1) is 23.4 Å². The first kappa shape index (κ1) is 21.8. The molecule has 0 atom stereocenters. The average Bonchev–Trinajstić information content (AvgIpc) is 3.40. The number of rotatable bonds is 8. The van der Waals surface area contributed by atoms with Gasteiger partial charge in [0, 0.05) is 6.54 Å². The lowest BCUT2D eigenvalue weighted by Crippen LogP contribution is -2.41. The van der Waals surface area contributed by atoms with Crippen LogP contribution in [0.1, 0.15) is 13.8 Å². The van der Waals surface area contributed by atoms with E-state index in [0.717, 1.165) is 10.6 Å². The normalized spacial score (nSPS) is 10.8. The Morgan fingerprint density at radius 2 is 2.00 bits per heavy atom. The number of urea groups is 1. The number of para-hydroxylation sites is 2. The number of benzene rings is 1. The standard InChI is InChI=1S/C20H23N5O3S2/c1-13(2)11-21-19(27)22-17(26)12-30-20-24-23-18(16-9-6-10-29-16)25(20)14-7-4-5-8-15(14)28-3/h4-10,13H,11-12H2,1-3H3,(H2,21,22,26,27). The van der Waals surface area contributed by atoms with Crippen molar-refractivity contribution in [3.05, 3.63) is 41.8 Å². The molecule has 3 amide bonds. The van der Waals surface area contributed by atoms with E-state index < -0.39 is 11.9 Å². The maximum Gasteiger partial charge on any atom is 0.321 e. The lowest BCUT2D eigenvalue weighted by atomic mass is 10.2. The minimum Gasteiger partial charge on any atom is -0.495 e. The maximum absolute atomic E-state index is 12.2. The van der Waals surface area contributed by atoms with E-state index in [1.54, 1.807) is 18.4 Å². The molecule has 2 aromatic heterocycles. The second-order valence-corrected chi connectivity index (χ2v) is 8.62. The zero-order valence-corrected chi connectivity index (χ0v) is 18.5. The molecular formula is C20H23N5O3S2. The molecule has 0 aliphatic heterocycles. The Morgan fingerprint density at radius 3 is 2.70 bits per heavy atom. The Hall–Kier alpha value is -2.85. The van der Waals surface area contributed by atoms with Gasteiger partial charge in [-0.3, -0.25) is 14.7 Å². The average molecular weight is 446 g/mol. The summed E-state index contributed by atoms with van der Waals surface area (Å²) in [6.07, 6.45) is 0. The Morgan fingerprint density at radius 1 is 1.20 bits per heavy atom. The Kier molecular flexibility index (Phi) is 7.47. The maximum atomic E-state index is 12.2. The van der Waals surface area contributed by atoms with Crippen LogP contribution < -0.4 is 15.4 Å². The smallest absolute Gasteiger partial charge is 0.321 e. The van der Waals surface area contributed by atoms with E-state index in [4.69, 9.17) is 4.74 Å². The van der Waals surface area contributed by atoms with E-state index in [0.29, 0.717) is 29.2 Å².